The van der Waals surface area contributed by atoms with E-state index in [1.54, 1.807) is 11.9 Å². The van der Waals surface area contributed by atoms with Crippen molar-refractivity contribution in [2.45, 2.75) is 57.9 Å². The molecule has 1 N–H and O–H groups in total. The Labute approximate surface area is 139 Å². The summed E-state index contributed by atoms with van der Waals surface area (Å²) in [5.74, 6) is 0.650. The zero-order valence-electron chi connectivity index (χ0n) is 14.2. The maximum absolute atomic E-state index is 4.04. The van der Waals surface area contributed by atoms with Crippen LogP contribution in [0.2, 0.25) is 0 Å². The molecule has 1 heterocycles. The average Bonchev–Trinajstić information content (AvgIpc) is 3.09. The monoisotopic (exact) mass is 319 g/mol. The largest absolute Gasteiger partial charge is 0.337 e. The van der Waals surface area contributed by atoms with Crippen LogP contribution in [0.5, 0.6) is 0 Å². The van der Waals surface area contributed by atoms with Gasteiger partial charge in [-0.25, -0.2) is 4.98 Å². The van der Waals surface area contributed by atoms with Crippen molar-refractivity contribution < 1.29 is 0 Å². The Balaban J connectivity index is 0.00000116. The first-order valence-electron chi connectivity index (χ1n) is 8.25. The minimum atomic E-state index is 0.650. The summed E-state index contributed by atoms with van der Waals surface area (Å²) in [5.41, 5.74) is 1.43. The van der Waals surface area contributed by atoms with Crippen molar-refractivity contribution in [3.63, 3.8) is 0 Å². The van der Waals surface area contributed by atoms with E-state index in [0.29, 0.717) is 5.92 Å². The van der Waals surface area contributed by atoms with Gasteiger partial charge in [-0.15, -0.1) is 0 Å². The normalized spacial score (nSPS) is 11.6. The second-order valence-corrected chi connectivity index (χ2v) is 5.99. The number of aryl methyl sites for hydroxylation is 1. The van der Waals surface area contributed by atoms with Crippen LogP contribution in [0.4, 0.5) is 0 Å². The minimum absolute atomic E-state index is 0.650. The van der Waals surface area contributed by atoms with Gasteiger partial charge in [0.05, 0.1) is 6.33 Å². The number of aromatic nitrogens is 2. The van der Waals surface area contributed by atoms with Crippen LogP contribution in [0.25, 0.3) is 0 Å². The fourth-order valence-electron chi connectivity index (χ4n) is 1.99. The molecule has 3 nitrogen and oxygen atoms in total. The van der Waals surface area contributed by atoms with E-state index in [2.05, 4.69) is 52.4 Å². The van der Waals surface area contributed by atoms with E-state index >= 15 is 0 Å². The lowest BCUT2D eigenvalue weighted by atomic mass is 9.99. The van der Waals surface area contributed by atoms with Crippen LogP contribution in [0.15, 0.2) is 47.9 Å². The minimum Gasteiger partial charge on any atom is -0.337 e. The molecule has 0 aliphatic rings. The molecule has 1 unspecified atom stereocenters. The highest BCUT2D eigenvalue weighted by molar-refractivity contribution is 7.97. The third kappa shape index (κ3) is 6.67. The molecular weight excluding hydrogens is 290 g/mol. The third-order valence-electron chi connectivity index (χ3n) is 3.51. The summed E-state index contributed by atoms with van der Waals surface area (Å²) in [6.45, 7) is 10.5. The quantitative estimate of drug-likeness (QED) is 0.541. The summed E-state index contributed by atoms with van der Waals surface area (Å²) < 4.78 is 5.51. The second kappa shape index (κ2) is 11.3. The lowest BCUT2D eigenvalue weighted by Crippen LogP contribution is -2.08. The first kappa shape index (κ1) is 18.8. The number of nitrogens with one attached hydrogen (secondary N) is 1. The van der Waals surface area contributed by atoms with Crippen molar-refractivity contribution in [3.05, 3.63) is 48.5 Å². The van der Waals surface area contributed by atoms with Crippen molar-refractivity contribution in [2.75, 3.05) is 6.54 Å². The van der Waals surface area contributed by atoms with Gasteiger partial charge in [0.15, 0.2) is 0 Å². The van der Waals surface area contributed by atoms with Gasteiger partial charge >= 0.3 is 0 Å². The standard InChI is InChI=1S/C16H23N3S.C2H6/c1-3-14(2)15-5-7-16(8-6-15)20-18-9-4-11-19-12-10-17-13-19;1-2/h5-8,10,12-14,18H,3-4,9,11H2,1-2H3;1-2H3. The molecule has 0 aliphatic heterocycles. The molecule has 2 rings (SSSR count). The van der Waals surface area contributed by atoms with Crippen molar-refractivity contribution in [2.24, 2.45) is 0 Å². The SMILES string of the molecule is CC.CCC(C)c1ccc(SNCCCn2ccnc2)cc1. The predicted molar refractivity (Wildman–Crippen MR) is 97.2 cm³/mol. The molecule has 1 atom stereocenters. The van der Waals surface area contributed by atoms with Gasteiger partial charge in [0, 0.05) is 30.4 Å². The second-order valence-electron chi connectivity index (χ2n) is 5.03. The van der Waals surface area contributed by atoms with E-state index in [1.165, 1.54) is 16.9 Å². The van der Waals surface area contributed by atoms with Crippen LogP contribution in [-0.4, -0.2) is 16.1 Å². The van der Waals surface area contributed by atoms with Crippen LogP contribution in [-0.2, 0) is 6.54 Å². The summed E-state index contributed by atoms with van der Waals surface area (Å²) in [7, 11) is 0. The van der Waals surface area contributed by atoms with E-state index < -0.39 is 0 Å². The zero-order chi connectivity index (χ0) is 16.2. The lowest BCUT2D eigenvalue weighted by molar-refractivity contribution is 0.638. The molecule has 122 valence electrons. The molecule has 0 bridgehead atoms. The molecule has 0 amide bonds. The molecule has 0 radical (unpaired) electrons. The summed E-state index contributed by atoms with van der Waals surface area (Å²) in [5, 5.41) is 0. The van der Waals surface area contributed by atoms with Gasteiger partial charge in [-0.2, -0.15) is 0 Å². The topological polar surface area (TPSA) is 29.9 Å². The van der Waals surface area contributed by atoms with Crippen LogP contribution in [0, 0.1) is 0 Å². The molecular formula is C18H29N3S. The lowest BCUT2D eigenvalue weighted by Gasteiger charge is -2.10. The van der Waals surface area contributed by atoms with Crippen LogP contribution < -0.4 is 4.72 Å². The Morgan fingerprint density at radius 3 is 2.55 bits per heavy atom. The van der Waals surface area contributed by atoms with Gasteiger partial charge in [-0.1, -0.05) is 39.8 Å². The number of rotatable bonds is 8. The Morgan fingerprint density at radius 2 is 1.95 bits per heavy atom. The van der Waals surface area contributed by atoms with Gasteiger partial charge in [0.2, 0.25) is 0 Å². The van der Waals surface area contributed by atoms with E-state index in [-0.39, 0.29) is 0 Å². The van der Waals surface area contributed by atoms with Crippen LogP contribution >= 0.6 is 11.9 Å². The Kier molecular flexibility index (Phi) is 9.67. The predicted octanol–water partition coefficient (Wildman–Crippen LogP) is 5.11. The van der Waals surface area contributed by atoms with E-state index in [4.69, 9.17) is 0 Å². The summed E-state index contributed by atoms with van der Waals surface area (Å²) in [6.07, 6.45) is 7.98. The van der Waals surface area contributed by atoms with E-state index in [1.807, 2.05) is 32.6 Å². The van der Waals surface area contributed by atoms with Crippen molar-refractivity contribution in [1.82, 2.24) is 14.3 Å². The van der Waals surface area contributed by atoms with Crippen molar-refractivity contribution in [3.8, 4) is 0 Å². The van der Waals surface area contributed by atoms with Gasteiger partial charge in [-0.3, -0.25) is 4.72 Å². The van der Waals surface area contributed by atoms with Crippen LogP contribution in [0.3, 0.4) is 0 Å². The molecule has 2 aromatic rings. The molecule has 22 heavy (non-hydrogen) atoms. The Hall–Kier alpha value is -1.26. The van der Waals surface area contributed by atoms with Gasteiger partial charge in [0.25, 0.3) is 0 Å². The fraction of sp³-hybridized carbons (Fsp3) is 0.500. The molecule has 4 heteroatoms. The van der Waals surface area contributed by atoms with Crippen molar-refractivity contribution in [1.29, 1.82) is 0 Å². The highest BCUT2D eigenvalue weighted by atomic mass is 32.2. The number of benzene rings is 1. The number of nitrogens with zero attached hydrogens (tertiary/aromatic N) is 2. The number of hydrogen-bond acceptors (Lipinski definition) is 3. The van der Waals surface area contributed by atoms with Gasteiger partial charge in [0.1, 0.15) is 0 Å². The first-order chi connectivity index (χ1) is 10.8. The smallest absolute Gasteiger partial charge is 0.0945 e. The van der Waals surface area contributed by atoms with Gasteiger partial charge < -0.3 is 4.57 Å². The molecule has 0 fully saturated rings. The molecule has 0 saturated carbocycles. The molecule has 0 spiro atoms. The Morgan fingerprint density at radius 1 is 1.23 bits per heavy atom. The van der Waals surface area contributed by atoms with E-state index in [0.717, 1.165) is 19.5 Å². The number of imidazole rings is 1. The molecule has 0 saturated heterocycles. The van der Waals surface area contributed by atoms with Crippen LogP contribution in [0.1, 0.15) is 52.0 Å². The number of hydrogen-bond donors (Lipinski definition) is 1. The van der Waals surface area contributed by atoms with Gasteiger partial charge in [-0.05, 0) is 48.4 Å². The first-order valence-corrected chi connectivity index (χ1v) is 9.06. The van der Waals surface area contributed by atoms with E-state index in [9.17, 15) is 0 Å². The third-order valence-corrected chi connectivity index (χ3v) is 4.36. The average molecular weight is 320 g/mol. The fourth-order valence-corrected chi connectivity index (χ4v) is 2.67. The summed E-state index contributed by atoms with van der Waals surface area (Å²) >= 11 is 1.71. The molecule has 1 aromatic carbocycles. The highest BCUT2D eigenvalue weighted by Gasteiger charge is 2.02. The maximum atomic E-state index is 4.04. The summed E-state index contributed by atoms with van der Waals surface area (Å²) in [6, 6.07) is 8.89. The molecule has 0 aliphatic carbocycles. The zero-order valence-corrected chi connectivity index (χ0v) is 15.1. The molecule has 1 aromatic heterocycles. The Bertz CT molecular complexity index is 480. The highest BCUT2D eigenvalue weighted by Crippen LogP contribution is 2.22. The maximum Gasteiger partial charge on any atom is 0.0945 e. The summed E-state index contributed by atoms with van der Waals surface area (Å²) in [4.78, 5) is 5.31. The van der Waals surface area contributed by atoms with Crippen molar-refractivity contribution >= 4 is 11.9 Å².